The molecule has 2 aromatic carbocycles. The lowest BCUT2D eigenvalue weighted by Gasteiger charge is -2.39. The van der Waals surface area contributed by atoms with Crippen molar-refractivity contribution in [2.45, 2.75) is 96.2 Å². The zero-order valence-corrected chi connectivity index (χ0v) is 39.7. The molecule has 17 heteroatoms. The number of rotatable bonds is 10. The van der Waals surface area contributed by atoms with Crippen LogP contribution in [0.25, 0.3) is 22.0 Å². The number of aryl methyl sites for hydroxylation is 1. The second kappa shape index (κ2) is 19.0. The number of hydrogen-bond donors (Lipinski definition) is 1. The second-order valence-corrected chi connectivity index (χ2v) is 19.8. The Morgan fingerprint density at radius 1 is 0.870 bits per heavy atom. The number of ether oxygens (including phenoxy) is 2. The number of aromatic nitrogens is 4. The number of alkyl halides is 2. The van der Waals surface area contributed by atoms with E-state index < -0.39 is 12.5 Å². The molecule has 0 unspecified atom stereocenters. The monoisotopic (exact) mass is 944 g/mol. The minimum Gasteiger partial charge on any atom is -0.494 e. The second-order valence-electron chi connectivity index (χ2n) is 19.8. The number of carbonyl (C=O) groups is 3. The summed E-state index contributed by atoms with van der Waals surface area (Å²) in [5, 5.41) is 8.56. The predicted octanol–water partition coefficient (Wildman–Crippen LogP) is 8.19. The lowest BCUT2D eigenvalue weighted by atomic mass is 9.91. The Hall–Kier alpha value is -6.07. The molecule has 4 saturated heterocycles. The van der Waals surface area contributed by atoms with E-state index in [1.54, 1.807) is 31.2 Å². The van der Waals surface area contributed by atoms with Crippen molar-refractivity contribution in [1.29, 1.82) is 0 Å². The Kier molecular flexibility index (Phi) is 12.5. The predicted molar refractivity (Wildman–Crippen MR) is 260 cm³/mol. The minimum absolute atomic E-state index is 0.00824. The maximum Gasteiger partial charge on any atom is 0.328 e. The van der Waals surface area contributed by atoms with Gasteiger partial charge in [0.25, 0.3) is 6.43 Å². The van der Waals surface area contributed by atoms with E-state index in [-0.39, 0.29) is 35.9 Å². The van der Waals surface area contributed by atoms with E-state index in [1.165, 1.54) is 0 Å². The fourth-order valence-electron chi connectivity index (χ4n) is 12.0. The molecule has 0 radical (unpaired) electrons. The molecule has 0 atom stereocenters. The van der Waals surface area contributed by atoms with E-state index in [2.05, 4.69) is 40.4 Å². The van der Waals surface area contributed by atoms with Gasteiger partial charge in [-0.2, -0.15) is 5.10 Å². The Balaban J connectivity index is 0.791. The molecule has 3 aromatic heterocycles. The topological polar surface area (TPSA) is 134 Å². The molecule has 364 valence electrons. The summed E-state index contributed by atoms with van der Waals surface area (Å²) < 4.78 is 47.0. The van der Waals surface area contributed by atoms with Crippen LogP contribution in [0.5, 0.6) is 5.75 Å². The number of likely N-dealkylation sites (tertiary alicyclic amines) is 1. The van der Waals surface area contributed by atoms with Gasteiger partial charge in [-0.1, -0.05) is 0 Å². The van der Waals surface area contributed by atoms with E-state index in [1.807, 2.05) is 41.4 Å². The number of pyridine rings is 1. The number of piperidine rings is 2. The number of nitrogens with zero attached hydrogens (tertiary/aromatic N) is 9. The molecule has 4 fully saturated rings. The number of nitrogens with one attached hydrogen (secondary N) is 1. The number of halogens is 2. The van der Waals surface area contributed by atoms with Gasteiger partial charge in [0.05, 0.1) is 30.9 Å². The first-order chi connectivity index (χ1) is 33.6. The first-order valence-electron chi connectivity index (χ1n) is 25.0. The van der Waals surface area contributed by atoms with Gasteiger partial charge in [-0.3, -0.25) is 29.5 Å². The average molecular weight is 945 g/mol. The van der Waals surface area contributed by atoms with Gasteiger partial charge in [-0.25, -0.2) is 13.6 Å². The van der Waals surface area contributed by atoms with Crippen LogP contribution in [-0.2, 0) is 33.7 Å². The summed E-state index contributed by atoms with van der Waals surface area (Å²) in [4.78, 5) is 52.0. The molecular formula is C52H62F2N10O5. The first-order valence-corrected chi connectivity index (χ1v) is 25.0. The molecule has 0 bridgehead atoms. The van der Waals surface area contributed by atoms with E-state index in [0.29, 0.717) is 68.7 Å². The Morgan fingerprint density at radius 3 is 2.43 bits per heavy atom. The number of benzene rings is 2. The van der Waals surface area contributed by atoms with E-state index in [9.17, 15) is 14.4 Å². The SMILES string of the molecule is COc1cc(N2CCC(CN3CCC(n4cc(-c5cc6c(cc5C(F)F)N(c5nn(C7CCOCC7)c7c5CN(C(C)=O)CC7)CCC6)c5cnccc54)CC3)CC2)ccc1N1CCC(=O)NC1=O. The summed E-state index contributed by atoms with van der Waals surface area (Å²) >= 11 is 0. The number of fused-ring (bicyclic) bond motifs is 3. The van der Waals surface area contributed by atoms with E-state index in [4.69, 9.17) is 14.6 Å². The summed E-state index contributed by atoms with van der Waals surface area (Å²) in [7, 11) is 1.61. The molecule has 1 N–H and O–H groups in total. The molecule has 6 aliphatic heterocycles. The maximum absolute atomic E-state index is 15.6. The van der Waals surface area contributed by atoms with Crippen LogP contribution in [0.15, 0.2) is 55.0 Å². The molecular weight excluding hydrogens is 883 g/mol. The van der Waals surface area contributed by atoms with Gasteiger partial charge >= 0.3 is 6.03 Å². The minimum atomic E-state index is -2.70. The van der Waals surface area contributed by atoms with Crippen molar-refractivity contribution >= 4 is 51.6 Å². The highest BCUT2D eigenvalue weighted by Gasteiger charge is 2.36. The van der Waals surface area contributed by atoms with Gasteiger partial charge < -0.3 is 33.6 Å². The quantitative estimate of drug-likeness (QED) is 0.146. The zero-order valence-electron chi connectivity index (χ0n) is 39.7. The van der Waals surface area contributed by atoms with Crippen molar-refractivity contribution in [3.8, 4) is 16.9 Å². The van der Waals surface area contributed by atoms with Crippen LogP contribution in [0.2, 0.25) is 0 Å². The number of imide groups is 1. The van der Waals surface area contributed by atoms with Crippen LogP contribution in [0.3, 0.4) is 0 Å². The summed E-state index contributed by atoms with van der Waals surface area (Å²) in [5.41, 5.74) is 8.07. The number of anilines is 4. The molecule has 11 rings (SSSR count). The van der Waals surface area contributed by atoms with Crippen molar-refractivity contribution in [2.24, 2.45) is 5.92 Å². The summed E-state index contributed by atoms with van der Waals surface area (Å²) in [6, 6.07) is 11.7. The van der Waals surface area contributed by atoms with Crippen LogP contribution >= 0.6 is 0 Å². The van der Waals surface area contributed by atoms with Crippen molar-refractivity contribution in [3.05, 3.63) is 77.4 Å². The number of hydrogen-bond acceptors (Lipinski definition) is 10. The van der Waals surface area contributed by atoms with Crippen molar-refractivity contribution in [1.82, 2.24) is 34.4 Å². The molecule has 4 amide bonds. The average Bonchev–Trinajstić information content (AvgIpc) is 3.95. The third-order valence-corrected chi connectivity index (χ3v) is 15.8. The fourth-order valence-corrected chi connectivity index (χ4v) is 12.0. The summed E-state index contributed by atoms with van der Waals surface area (Å²) in [6.45, 7) is 9.88. The molecule has 0 saturated carbocycles. The highest BCUT2D eigenvalue weighted by molar-refractivity contribution is 6.06. The number of methoxy groups -OCH3 is 1. The molecule has 0 aliphatic carbocycles. The fraction of sp³-hybridized carbons (Fsp3) is 0.519. The Labute approximate surface area is 401 Å². The lowest BCUT2D eigenvalue weighted by molar-refractivity contribution is -0.129. The third kappa shape index (κ3) is 8.70. The number of carbonyl (C=O) groups excluding carboxylic acids is 3. The standard InChI is InChI=1S/C52H62F2N10O5/c1-33(65)60-22-12-45-43(31-60)51(57-64(45)37-14-24-69-25-15-37)61-17-3-4-35-26-39(40(50(53)54)28-47(35)61)42-32-63(44-7-16-55-29-41(42)44)36-10-18-58(19-11-36)30-34-8-20-59(21-9-34)38-5-6-46(48(27-38)68-2)62-23-13-49(66)56-52(62)67/h5-7,16,26-29,32,34,36-37,50H,3-4,8-15,17-25,30-31H2,1-2H3,(H,56,66,67). The van der Waals surface area contributed by atoms with Gasteiger partial charge in [0.1, 0.15) is 5.75 Å². The smallest absolute Gasteiger partial charge is 0.328 e. The van der Waals surface area contributed by atoms with E-state index in [0.717, 1.165) is 135 Å². The molecule has 5 aromatic rings. The summed E-state index contributed by atoms with van der Waals surface area (Å²) in [6.07, 6.45) is 11.4. The van der Waals surface area contributed by atoms with Crippen LogP contribution in [0.1, 0.15) is 99.2 Å². The van der Waals surface area contributed by atoms with Gasteiger partial charge in [0.15, 0.2) is 5.82 Å². The number of amides is 4. The largest absolute Gasteiger partial charge is 0.494 e. The molecule has 69 heavy (non-hydrogen) atoms. The summed E-state index contributed by atoms with van der Waals surface area (Å²) in [5.74, 6) is 1.73. The van der Waals surface area contributed by atoms with Crippen LogP contribution < -0.4 is 24.8 Å². The normalized spacial score (nSPS) is 20.2. The highest BCUT2D eigenvalue weighted by Crippen LogP contribution is 2.46. The molecule has 6 aliphatic rings. The van der Waals surface area contributed by atoms with Crippen molar-refractivity contribution in [3.63, 3.8) is 0 Å². The van der Waals surface area contributed by atoms with Crippen molar-refractivity contribution < 1.29 is 32.6 Å². The van der Waals surface area contributed by atoms with Gasteiger partial charge in [0.2, 0.25) is 11.8 Å². The molecule has 9 heterocycles. The molecule has 15 nitrogen and oxygen atoms in total. The van der Waals surface area contributed by atoms with Crippen LogP contribution in [0, 0.1) is 5.92 Å². The third-order valence-electron chi connectivity index (χ3n) is 15.8. The first kappa shape index (κ1) is 45.4. The Bertz CT molecular complexity index is 2750. The highest BCUT2D eigenvalue weighted by atomic mass is 19.3. The maximum atomic E-state index is 15.6. The van der Waals surface area contributed by atoms with Crippen LogP contribution in [-0.4, -0.2) is 120 Å². The zero-order chi connectivity index (χ0) is 47.3. The van der Waals surface area contributed by atoms with Gasteiger partial charge in [0, 0.05) is 155 Å². The van der Waals surface area contributed by atoms with Crippen molar-refractivity contribution in [2.75, 3.05) is 87.4 Å². The number of urea groups is 1. The van der Waals surface area contributed by atoms with Gasteiger partial charge in [-0.15, -0.1) is 0 Å². The van der Waals surface area contributed by atoms with E-state index >= 15 is 8.78 Å². The molecule has 0 spiro atoms. The Morgan fingerprint density at radius 2 is 1.68 bits per heavy atom. The van der Waals surface area contributed by atoms with Gasteiger partial charge in [-0.05, 0) is 98.7 Å². The lowest BCUT2D eigenvalue weighted by Crippen LogP contribution is -2.49. The van der Waals surface area contributed by atoms with Crippen LogP contribution in [0.4, 0.5) is 36.5 Å².